The molecule has 0 saturated carbocycles. The van der Waals surface area contributed by atoms with Crippen LogP contribution in [0, 0.1) is 0 Å². The van der Waals surface area contributed by atoms with Crippen LogP contribution in [-0.4, -0.2) is 11.8 Å². The summed E-state index contributed by atoms with van der Waals surface area (Å²) in [7, 11) is 0. The van der Waals surface area contributed by atoms with Crippen molar-refractivity contribution < 1.29 is 18.0 Å². The highest BCUT2D eigenvalue weighted by Gasteiger charge is 2.30. The highest BCUT2D eigenvalue weighted by atomic mass is 19.4. The predicted molar refractivity (Wildman–Crippen MR) is 69.4 cm³/mol. The first-order valence-electron chi connectivity index (χ1n) is 5.94. The fourth-order valence-corrected chi connectivity index (χ4v) is 2.00. The zero-order valence-electron chi connectivity index (χ0n) is 10.5. The van der Waals surface area contributed by atoms with E-state index in [1.807, 2.05) is 0 Å². The number of hydrogen-bond donors (Lipinski definition) is 0. The quantitative estimate of drug-likeness (QED) is 0.616. The Morgan fingerprint density at radius 3 is 2.70 bits per heavy atom. The maximum atomic E-state index is 12.7. The topological polar surface area (TPSA) is 29.4 Å². The second-order valence-corrected chi connectivity index (χ2v) is 4.51. The molecule has 1 aromatic rings. The first kappa shape index (κ1) is 14.2. The van der Waals surface area contributed by atoms with E-state index in [0.29, 0.717) is 23.3 Å². The van der Waals surface area contributed by atoms with Crippen molar-refractivity contribution in [1.29, 1.82) is 0 Å². The Bertz CT molecular complexity index is 688. The molecule has 0 saturated heterocycles. The number of allylic oxidation sites excluding steroid dienone is 1. The minimum absolute atomic E-state index is 0.293. The maximum absolute atomic E-state index is 12.7. The molecule has 1 heterocycles. The lowest BCUT2D eigenvalue weighted by Gasteiger charge is -2.16. The zero-order valence-corrected chi connectivity index (χ0v) is 10.5. The molecule has 1 aromatic carbocycles. The molecule has 5 heteroatoms. The number of fused-ring (bicyclic) bond motifs is 1. The van der Waals surface area contributed by atoms with Gasteiger partial charge in [-0.05, 0) is 24.3 Å². The van der Waals surface area contributed by atoms with Crippen LogP contribution in [0.3, 0.4) is 0 Å². The van der Waals surface area contributed by atoms with E-state index in [-0.39, 0.29) is 0 Å². The van der Waals surface area contributed by atoms with Crippen LogP contribution in [0.15, 0.2) is 48.0 Å². The molecule has 2 nitrogen and oxygen atoms in total. The number of carbonyl (C=O) groups is 1. The average Bonchev–Trinajstić information content (AvgIpc) is 2.56. The smallest absolute Gasteiger partial charge is 0.300 e. The summed E-state index contributed by atoms with van der Waals surface area (Å²) in [5, 5.41) is 0.695. The van der Waals surface area contributed by atoms with E-state index in [0.717, 1.165) is 12.1 Å². The zero-order chi connectivity index (χ0) is 14.8. The Balaban J connectivity index is 2.65. The van der Waals surface area contributed by atoms with Gasteiger partial charge in [0.25, 0.3) is 0 Å². The molecule has 20 heavy (non-hydrogen) atoms. The van der Waals surface area contributed by atoms with Crippen molar-refractivity contribution in [3.8, 4) is 0 Å². The van der Waals surface area contributed by atoms with Gasteiger partial charge in [0.2, 0.25) is 0 Å². The third-order valence-electron chi connectivity index (χ3n) is 3.02. The van der Waals surface area contributed by atoms with E-state index >= 15 is 0 Å². The Labute approximate surface area is 113 Å². The van der Waals surface area contributed by atoms with E-state index in [4.69, 9.17) is 0 Å². The minimum Gasteiger partial charge on any atom is -0.300 e. The van der Waals surface area contributed by atoms with Gasteiger partial charge < -0.3 is 4.79 Å². The molecule has 1 atom stereocenters. The van der Waals surface area contributed by atoms with Crippen molar-refractivity contribution in [2.75, 3.05) is 0 Å². The third kappa shape index (κ3) is 2.71. The van der Waals surface area contributed by atoms with Gasteiger partial charge in [0.1, 0.15) is 5.54 Å². The van der Waals surface area contributed by atoms with Crippen LogP contribution in [-0.2, 0) is 11.0 Å². The van der Waals surface area contributed by atoms with Crippen molar-refractivity contribution in [1.82, 2.24) is 0 Å². The molecule has 0 amide bonds. The van der Waals surface area contributed by atoms with Gasteiger partial charge in [0.15, 0.2) is 6.29 Å². The number of hydrogen-bond acceptors (Lipinski definition) is 2. The Kier molecular flexibility index (Phi) is 3.61. The highest BCUT2D eigenvalue weighted by molar-refractivity contribution is 5.70. The molecule has 0 aromatic heterocycles. The van der Waals surface area contributed by atoms with E-state index in [1.165, 1.54) is 12.1 Å². The molecular weight excluding hydrogens is 267 g/mol. The van der Waals surface area contributed by atoms with E-state index in [1.54, 1.807) is 18.2 Å². The van der Waals surface area contributed by atoms with Crippen molar-refractivity contribution in [2.45, 2.75) is 18.1 Å². The molecule has 0 N–H and O–H groups in total. The fraction of sp³-hybridized carbons (Fsp3) is 0.200. The van der Waals surface area contributed by atoms with Gasteiger partial charge in [-0.1, -0.05) is 18.2 Å². The third-order valence-corrected chi connectivity index (χ3v) is 3.02. The first-order valence-corrected chi connectivity index (χ1v) is 5.94. The number of rotatable bonds is 3. The number of halogens is 3. The summed E-state index contributed by atoms with van der Waals surface area (Å²) in [5.74, 6) is 0. The molecular formula is C15H12F3NO. The summed E-state index contributed by atoms with van der Waals surface area (Å²) in [6.07, 6.45) is 2.75. The van der Waals surface area contributed by atoms with Gasteiger partial charge in [0.05, 0.1) is 10.9 Å². The van der Waals surface area contributed by atoms with Gasteiger partial charge in [-0.2, -0.15) is 13.2 Å². The average molecular weight is 279 g/mol. The molecule has 1 aliphatic rings. The predicted octanol–water partition coefficient (Wildman–Crippen LogP) is 2.19. The SMILES string of the molecule is C=CCC1(C=O)C=CC=c2cc(C(F)(F)F)ccc2=N1. The van der Waals surface area contributed by atoms with E-state index in [2.05, 4.69) is 11.6 Å². The molecule has 0 bridgehead atoms. The fourth-order valence-electron chi connectivity index (χ4n) is 2.00. The standard InChI is InChI=1S/C15H12F3NO/c1-2-7-14(10-20)8-3-4-11-9-12(15(16,17)18)5-6-13(11)19-14/h2-6,8-10H,1,7H2. The van der Waals surface area contributed by atoms with Crippen LogP contribution >= 0.6 is 0 Å². The number of alkyl halides is 3. The van der Waals surface area contributed by atoms with E-state index in [9.17, 15) is 18.0 Å². The number of aldehydes is 1. The molecule has 0 spiro atoms. The van der Waals surface area contributed by atoms with Crippen LogP contribution in [0.25, 0.3) is 6.08 Å². The molecule has 1 unspecified atom stereocenters. The second-order valence-electron chi connectivity index (χ2n) is 4.51. The van der Waals surface area contributed by atoms with Crippen molar-refractivity contribution >= 4 is 12.4 Å². The van der Waals surface area contributed by atoms with Crippen molar-refractivity contribution in [3.05, 3.63) is 59.1 Å². The van der Waals surface area contributed by atoms with Gasteiger partial charge in [-0.15, -0.1) is 6.58 Å². The summed E-state index contributed by atoms with van der Waals surface area (Å²) in [5.41, 5.74) is -1.83. The summed E-state index contributed by atoms with van der Waals surface area (Å²) in [6.45, 7) is 3.57. The lowest BCUT2D eigenvalue weighted by Crippen LogP contribution is -2.33. The summed E-state index contributed by atoms with van der Waals surface area (Å²) in [4.78, 5) is 15.6. The molecule has 2 rings (SSSR count). The van der Waals surface area contributed by atoms with Crippen LogP contribution in [0.4, 0.5) is 13.2 Å². The number of nitrogens with zero attached hydrogens (tertiary/aromatic N) is 1. The van der Waals surface area contributed by atoms with Gasteiger partial charge in [-0.3, -0.25) is 4.99 Å². The van der Waals surface area contributed by atoms with Crippen LogP contribution < -0.4 is 10.6 Å². The van der Waals surface area contributed by atoms with Gasteiger partial charge in [-0.25, -0.2) is 0 Å². The second kappa shape index (κ2) is 5.07. The van der Waals surface area contributed by atoms with E-state index < -0.39 is 17.3 Å². The minimum atomic E-state index is -4.40. The van der Waals surface area contributed by atoms with Crippen LogP contribution in [0.5, 0.6) is 0 Å². The summed E-state index contributed by atoms with van der Waals surface area (Å²) >= 11 is 0. The lowest BCUT2D eigenvalue weighted by molar-refractivity contribution is -0.137. The summed E-state index contributed by atoms with van der Waals surface area (Å²) < 4.78 is 38.0. The van der Waals surface area contributed by atoms with Crippen molar-refractivity contribution in [2.24, 2.45) is 4.99 Å². The molecule has 0 fully saturated rings. The lowest BCUT2D eigenvalue weighted by atomic mass is 9.97. The first-order chi connectivity index (χ1) is 9.40. The molecule has 0 aliphatic carbocycles. The maximum Gasteiger partial charge on any atom is 0.416 e. The largest absolute Gasteiger partial charge is 0.416 e. The van der Waals surface area contributed by atoms with Crippen LogP contribution in [0.1, 0.15) is 12.0 Å². The molecule has 104 valence electrons. The van der Waals surface area contributed by atoms with Crippen molar-refractivity contribution in [3.63, 3.8) is 0 Å². The van der Waals surface area contributed by atoms with Gasteiger partial charge >= 0.3 is 6.18 Å². The van der Waals surface area contributed by atoms with Crippen LogP contribution in [0.2, 0.25) is 0 Å². The Morgan fingerprint density at radius 1 is 1.35 bits per heavy atom. The Morgan fingerprint density at radius 2 is 2.10 bits per heavy atom. The summed E-state index contributed by atoms with van der Waals surface area (Å²) in [6, 6.07) is 3.27. The number of benzene rings is 1. The molecule has 0 radical (unpaired) electrons. The monoisotopic (exact) mass is 279 g/mol. The highest BCUT2D eigenvalue weighted by Crippen LogP contribution is 2.27. The normalized spacial score (nSPS) is 21.1. The number of carbonyl (C=O) groups excluding carboxylic acids is 1. The Hall–Kier alpha value is -2.17. The van der Waals surface area contributed by atoms with Gasteiger partial charge in [0, 0.05) is 11.6 Å². The molecule has 1 aliphatic heterocycles.